The normalized spacial score (nSPS) is 10.3. The maximum atomic E-state index is 10.9. The minimum absolute atomic E-state index is 0.330. The Hall–Kier alpha value is -2.35. The second-order valence-electron chi connectivity index (χ2n) is 5.60. The number of carbonyl (C=O) groups is 1. The van der Waals surface area contributed by atoms with Gasteiger partial charge in [0, 0.05) is 6.08 Å². The van der Waals surface area contributed by atoms with Crippen LogP contribution in [0.2, 0.25) is 0 Å². The van der Waals surface area contributed by atoms with Gasteiger partial charge in [0.15, 0.2) is 0 Å². The summed E-state index contributed by atoms with van der Waals surface area (Å²) >= 11 is 0. The predicted molar refractivity (Wildman–Crippen MR) is 95.2 cm³/mol. The molecule has 2 nitrogen and oxygen atoms in total. The van der Waals surface area contributed by atoms with Crippen molar-refractivity contribution in [1.82, 2.24) is 0 Å². The molecule has 0 bridgehead atoms. The number of benzene rings is 2. The van der Waals surface area contributed by atoms with Gasteiger partial charge < -0.3 is 4.74 Å². The highest BCUT2D eigenvalue weighted by Crippen LogP contribution is 2.20. The predicted octanol–water partition coefficient (Wildman–Crippen LogP) is 5.19. The zero-order valence-electron chi connectivity index (χ0n) is 13.5. The third-order valence-electron chi connectivity index (χ3n) is 3.83. The van der Waals surface area contributed by atoms with Crippen LogP contribution in [0.1, 0.15) is 31.2 Å². The van der Waals surface area contributed by atoms with Gasteiger partial charge in [-0.05, 0) is 36.0 Å². The number of esters is 1. The van der Waals surface area contributed by atoms with Crippen molar-refractivity contribution in [2.75, 3.05) is 6.61 Å². The first-order valence-electron chi connectivity index (χ1n) is 8.23. The Balaban J connectivity index is 1.65. The van der Waals surface area contributed by atoms with E-state index in [0.717, 1.165) is 25.7 Å². The number of rotatable bonds is 9. The average molecular weight is 308 g/mol. The van der Waals surface area contributed by atoms with Crippen LogP contribution in [0.5, 0.6) is 0 Å². The fraction of sp³-hybridized carbons (Fsp3) is 0.286. The molecule has 2 aromatic rings. The summed E-state index contributed by atoms with van der Waals surface area (Å²) < 4.78 is 4.95. The molecule has 2 heteroatoms. The van der Waals surface area contributed by atoms with Gasteiger partial charge in [0.1, 0.15) is 0 Å². The lowest BCUT2D eigenvalue weighted by atomic mass is 10.0. The Morgan fingerprint density at radius 3 is 2.22 bits per heavy atom. The Morgan fingerprint density at radius 1 is 0.870 bits per heavy atom. The summed E-state index contributed by atoms with van der Waals surface area (Å²) in [6.07, 6.45) is 6.64. The minimum Gasteiger partial charge on any atom is -0.463 e. The lowest BCUT2D eigenvalue weighted by molar-refractivity contribution is -0.137. The molecule has 0 atom stereocenters. The molecular formula is C21H24O2. The Bertz CT molecular complexity index is 599. The molecule has 0 aliphatic heterocycles. The van der Waals surface area contributed by atoms with Gasteiger partial charge >= 0.3 is 5.97 Å². The Morgan fingerprint density at radius 2 is 1.52 bits per heavy atom. The largest absolute Gasteiger partial charge is 0.463 e. The average Bonchev–Trinajstić information content (AvgIpc) is 2.62. The van der Waals surface area contributed by atoms with E-state index in [0.29, 0.717) is 6.61 Å². The van der Waals surface area contributed by atoms with E-state index in [2.05, 4.69) is 55.1 Å². The van der Waals surface area contributed by atoms with Gasteiger partial charge in [-0.25, -0.2) is 4.79 Å². The summed E-state index contributed by atoms with van der Waals surface area (Å²) in [5.74, 6) is -0.330. The van der Waals surface area contributed by atoms with Crippen LogP contribution in [0.15, 0.2) is 67.3 Å². The van der Waals surface area contributed by atoms with Crippen molar-refractivity contribution in [3.63, 3.8) is 0 Å². The summed E-state index contributed by atoms with van der Waals surface area (Å²) in [5.41, 5.74) is 3.90. The molecule has 0 amide bonds. The second kappa shape index (κ2) is 9.62. The second-order valence-corrected chi connectivity index (χ2v) is 5.60. The van der Waals surface area contributed by atoms with Crippen LogP contribution >= 0.6 is 0 Å². The van der Waals surface area contributed by atoms with Gasteiger partial charge in [-0.2, -0.15) is 0 Å². The maximum absolute atomic E-state index is 10.9. The van der Waals surface area contributed by atoms with Gasteiger partial charge in [0.25, 0.3) is 0 Å². The molecule has 0 aliphatic carbocycles. The summed E-state index contributed by atoms with van der Waals surface area (Å²) in [5, 5.41) is 0. The number of carbonyl (C=O) groups excluding carboxylic acids is 1. The maximum Gasteiger partial charge on any atom is 0.330 e. The number of hydrogen-bond donors (Lipinski definition) is 0. The van der Waals surface area contributed by atoms with Crippen LogP contribution in [0, 0.1) is 0 Å². The third-order valence-corrected chi connectivity index (χ3v) is 3.83. The van der Waals surface area contributed by atoms with E-state index in [4.69, 9.17) is 4.74 Å². The van der Waals surface area contributed by atoms with E-state index < -0.39 is 0 Å². The standard InChI is InChI=1S/C21H24O2/c1-2-21(22)23-17-9-4-3-6-10-18-13-15-20(16-14-18)19-11-7-5-8-12-19/h2,5,7-8,11-16H,1,3-4,6,9-10,17H2. The summed E-state index contributed by atoms with van der Waals surface area (Å²) in [7, 11) is 0. The molecule has 0 unspecified atom stereocenters. The first-order valence-corrected chi connectivity index (χ1v) is 8.23. The minimum atomic E-state index is -0.330. The van der Waals surface area contributed by atoms with Crippen molar-refractivity contribution < 1.29 is 9.53 Å². The molecule has 0 heterocycles. The van der Waals surface area contributed by atoms with Crippen molar-refractivity contribution in [3.05, 3.63) is 72.8 Å². The topological polar surface area (TPSA) is 26.3 Å². The van der Waals surface area contributed by atoms with E-state index in [9.17, 15) is 4.79 Å². The Labute approximate surface area is 138 Å². The molecule has 0 saturated carbocycles. The van der Waals surface area contributed by atoms with Crippen molar-refractivity contribution in [3.8, 4) is 11.1 Å². The van der Waals surface area contributed by atoms with Crippen LogP contribution in [-0.2, 0) is 16.0 Å². The fourth-order valence-electron chi connectivity index (χ4n) is 2.51. The highest BCUT2D eigenvalue weighted by molar-refractivity contribution is 5.81. The van der Waals surface area contributed by atoms with E-state index >= 15 is 0 Å². The van der Waals surface area contributed by atoms with Crippen LogP contribution in [-0.4, -0.2) is 12.6 Å². The smallest absolute Gasteiger partial charge is 0.330 e. The van der Waals surface area contributed by atoms with Gasteiger partial charge in [-0.15, -0.1) is 0 Å². The molecule has 23 heavy (non-hydrogen) atoms. The summed E-state index contributed by atoms with van der Waals surface area (Å²) in [4.78, 5) is 10.9. The molecule has 120 valence electrons. The van der Waals surface area contributed by atoms with Crippen LogP contribution < -0.4 is 0 Å². The number of ether oxygens (including phenoxy) is 1. The zero-order chi connectivity index (χ0) is 16.3. The van der Waals surface area contributed by atoms with E-state index in [1.807, 2.05) is 6.07 Å². The van der Waals surface area contributed by atoms with Gasteiger partial charge in [0.2, 0.25) is 0 Å². The fourth-order valence-corrected chi connectivity index (χ4v) is 2.51. The lowest BCUT2D eigenvalue weighted by Crippen LogP contribution is -2.01. The molecule has 2 rings (SSSR count). The van der Waals surface area contributed by atoms with E-state index in [-0.39, 0.29) is 5.97 Å². The van der Waals surface area contributed by atoms with E-state index in [1.54, 1.807) is 0 Å². The van der Waals surface area contributed by atoms with Crippen molar-refractivity contribution in [2.24, 2.45) is 0 Å². The quantitative estimate of drug-likeness (QED) is 0.362. The molecule has 0 N–H and O–H groups in total. The van der Waals surface area contributed by atoms with Crippen LogP contribution in [0.3, 0.4) is 0 Å². The number of aryl methyl sites for hydroxylation is 1. The third kappa shape index (κ3) is 6.11. The SMILES string of the molecule is C=CC(=O)OCCCCCCc1ccc(-c2ccccc2)cc1. The molecule has 0 aromatic heterocycles. The van der Waals surface area contributed by atoms with Crippen molar-refractivity contribution >= 4 is 5.97 Å². The molecule has 0 radical (unpaired) electrons. The summed E-state index contributed by atoms with van der Waals surface area (Å²) in [6, 6.07) is 19.3. The number of hydrogen-bond acceptors (Lipinski definition) is 2. The summed E-state index contributed by atoms with van der Waals surface area (Å²) in [6.45, 7) is 3.87. The number of unbranched alkanes of at least 4 members (excludes halogenated alkanes) is 3. The van der Waals surface area contributed by atoms with Gasteiger partial charge in [-0.3, -0.25) is 0 Å². The molecule has 0 saturated heterocycles. The van der Waals surface area contributed by atoms with Crippen molar-refractivity contribution in [2.45, 2.75) is 32.1 Å². The molecule has 0 spiro atoms. The molecular weight excluding hydrogens is 284 g/mol. The van der Waals surface area contributed by atoms with Crippen LogP contribution in [0.4, 0.5) is 0 Å². The van der Waals surface area contributed by atoms with Gasteiger partial charge in [0.05, 0.1) is 6.61 Å². The van der Waals surface area contributed by atoms with Crippen LogP contribution in [0.25, 0.3) is 11.1 Å². The molecule has 2 aromatic carbocycles. The molecule has 0 aliphatic rings. The zero-order valence-corrected chi connectivity index (χ0v) is 13.5. The monoisotopic (exact) mass is 308 g/mol. The lowest BCUT2D eigenvalue weighted by Gasteiger charge is -2.05. The first kappa shape index (κ1) is 17.0. The van der Waals surface area contributed by atoms with Crippen molar-refractivity contribution in [1.29, 1.82) is 0 Å². The van der Waals surface area contributed by atoms with E-state index in [1.165, 1.54) is 29.2 Å². The highest BCUT2D eigenvalue weighted by Gasteiger charge is 1.99. The van der Waals surface area contributed by atoms with Gasteiger partial charge in [-0.1, -0.05) is 74.0 Å². The Kier molecular flexibility index (Phi) is 7.12. The molecule has 0 fully saturated rings. The highest BCUT2D eigenvalue weighted by atomic mass is 16.5. The first-order chi connectivity index (χ1) is 11.3.